The van der Waals surface area contributed by atoms with Gasteiger partial charge >= 0.3 is 0 Å². The average Bonchev–Trinajstić information content (AvgIpc) is 2.25. The molecule has 0 aliphatic carbocycles. The number of sulfonamides is 1. The minimum atomic E-state index is -3.44. The number of rotatable bonds is 5. The van der Waals surface area contributed by atoms with Crippen molar-refractivity contribution in [3.05, 3.63) is 29.3 Å². The number of anilines is 1. The average molecular weight is 299 g/mol. The molecule has 6 nitrogen and oxygen atoms in total. The molecule has 0 saturated heterocycles. The van der Waals surface area contributed by atoms with Crippen LogP contribution < -0.4 is 15.8 Å². The summed E-state index contributed by atoms with van der Waals surface area (Å²) in [5.74, 6) is -0.363. The van der Waals surface area contributed by atoms with Gasteiger partial charge in [0, 0.05) is 12.1 Å². The highest BCUT2D eigenvalue weighted by atomic mass is 32.2. The van der Waals surface area contributed by atoms with E-state index < -0.39 is 15.6 Å². The number of aryl methyl sites for hydroxylation is 1. The van der Waals surface area contributed by atoms with Gasteiger partial charge in [0.05, 0.1) is 17.5 Å². The Morgan fingerprint density at radius 1 is 1.35 bits per heavy atom. The van der Waals surface area contributed by atoms with Gasteiger partial charge in [0.2, 0.25) is 10.0 Å². The Hall–Kier alpha value is -1.60. The van der Waals surface area contributed by atoms with Crippen LogP contribution in [0.4, 0.5) is 5.69 Å². The van der Waals surface area contributed by atoms with Crippen molar-refractivity contribution in [2.75, 3.05) is 17.5 Å². The van der Waals surface area contributed by atoms with E-state index in [1.807, 2.05) is 6.92 Å². The molecule has 0 aliphatic rings. The van der Waals surface area contributed by atoms with Gasteiger partial charge in [0.15, 0.2) is 0 Å². The normalized spacial score (nSPS) is 12.1. The van der Waals surface area contributed by atoms with E-state index in [-0.39, 0.29) is 23.7 Å². The molecule has 1 rings (SSSR count). The predicted octanol–water partition coefficient (Wildman–Crippen LogP) is 0.834. The van der Waals surface area contributed by atoms with Gasteiger partial charge in [-0.2, -0.15) is 0 Å². The topological polar surface area (TPSA) is 101 Å². The maximum Gasteiger partial charge on any atom is 0.253 e. The molecule has 0 unspecified atom stereocenters. The molecule has 0 spiro atoms. The summed E-state index contributed by atoms with van der Waals surface area (Å²) in [5.41, 5.74) is 6.66. The Labute approximate surface area is 119 Å². The Kier molecular flexibility index (Phi) is 4.77. The van der Waals surface area contributed by atoms with Gasteiger partial charge in [0.1, 0.15) is 0 Å². The number of carbonyl (C=O) groups excluding carboxylic acids is 1. The second-order valence-corrected chi connectivity index (χ2v) is 7.34. The van der Waals surface area contributed by atoms with E-state index in [0.717, 1.165) is 11.8 Å². The number of hydrogen-bond donors (Lipinski definition) is 3. The van der Waals surface area contributed by atoms with Gasteiger partial charge in [-0.25, -0.2) is 8.42 Å². The van der Waals surface area contributed by atoms with Crippen LogP contribution in [-0.2, 0) is 10.0 Å². The van der Waals surface area contributed by atoms with E-state index in [4.69, 9.17) is 5.73 Å². The number of nitrogens with one attached hydrogen (secondary N) is 2. The first-order valence-electron chi connectivity index (χ1n) is 6.13. The molecule has 1 aromatic rings. The van der Waals surface area contributed by atoms with Crippen molar-refractivity contribution in [3.63, 3.8) is 0 Å². The number of hydrogen-bond acceptors (Lipinski definition) is 4. The molecular formula is C13H21N3O3S. The van der Waals surface area contributed by atoms with Crippen LogP contribution in [0.3, 0.4) is 0 Å². The number of nitrogens with two attached hydrogens (primary N) is 1. The molecule has 0 aromatic heterocycles. The van der Waals surface area contributed by atoms with Crippen LogP contribution in [0, 0.1) is 6.92 Å². The van der Waals surface area contributed by atoms with Crippen molar-refractivity contribution in [2.45, 2.75) is 26.3 Å². The third-order valence-corrected chi connectivity index (χ3v) is 3.01. The van der Waals surface area contributed by atoms with Gasteiger partial charge in [-0.05, 0) is 32.9 Å². The van der Waals surface area contributed by atoms with Crippen molar-refractivity contribution in [1.82, 2.24) is 5.32 Å². The smallest absolute Gasteiger partial charge is 0.253 e. The Morgan fingerprint density at radius 3 is 2.45 bits per heavy atom. The monoisotopic (exact) mass is 299 g/mol. The standard InChI is InChI=1S/C13H21N3O3S/c1-9-5-6-11(16-20(4,18)19)10(7-9)12(17)15-8-13(2,3)14/h5-7,16H,8,14H2,1-4H3,(H,15,17). The summed E-state index contributed by atoms with van der Waals surface area (Å²) in [7, 11) is -3.44. The highest BCUT2D eigenvalue weighted by Gasteiger charge is 2.17. The first kappa shape index (κ1) is 16.5. The molecule has 4 N–H and O–H groups in total. The molecule has 0 aliphatic heterocycles. The zero-order chi connectivity index (χ0) is 15.6. The van der Waals surface area contributed by atoms with Crippen LogP contribution in [0.2, 0.25) is 0 Å². The fraction of sp³-hybridized carbons (Fsp3) is 0.462. The van der Waals surface area contributed by atoms with Crippen LogP contribution in [-0.4, -0.2) is 32.7 Å². The fourth-order valence-electron chi connectivity index (χ4n) is 1.54. The molecule has 0 saturated carbocycles. The van der Waals surface area contributed by atoms with Crippen LogP contribution in [0.25, 0.3) is 0 Å². The SMILES string of the molecule is Cc1ccc(NS(C)(=O)=O)c(C(=O)NCC(C)(C)N)c1. The number of carbonyl (C=O) groups is 1. The maximum atomic E-state index is 12.1. The molecule has 0 heterocycles. The van der Waals surface area contributed by atoms with Crippen molar-refractivity contribution < 1.29 is 13.2 Å². The van der Waals surface area contributed by atoms with E-state index >= 15 is 0 Å². The van der Waals surface area contributed by atoms with Gasteiger partial charge in [-0.15, -0.1) is 0 Å². The van der Waals surface area contributed by atoms with Crippen LogP contribution >= 0.6 is 0 Å². The Bertz CT molecular complexity index is 604. The second-order valence-electron chi connectivity index (χ2n) is 5.59. The molecule has 112 valence electrons. The molecule has 1 amide bonds. The minimum absolute atomic E-state index is 0.255. The summed E-state index contributed by atoms with van der Waals surface area (Å²) in [5, 5.41) is 2.69. The van der Waals surface area contributed by atoms with Crippen LogP contribution in [0.15, 0.2) is 18.2 Å². The summed E-state index contributed by atoms with van der Waals surface area (Å²) in [4.78, 5) is 12.1. The maximum absolute atomic E-state index is 12.1. The van der Waals surface area contributed by atoms with Crippen molar-refractivity contribution in [3.8, 4) is 0 Å². The van der Waals surface area contributed by atoms with Crippen LogP contribution in [0.1, 0.15) is 29.8 Å². The first-order valence-corrected chi connectivity index (χ1v) is 8.03. The zero-order valence-electron chi connectivity index (χ0n) is 12.1. The van der Waals surface area contributed by atoms with Crippen molar-refractivity contribution in [1.29, 1.82) is 0 Å². The summed E-state index contributed by atoms with van der Waals surface area (Å²) in [6.07, 6.45) is 1.04. The molecule has 20 heavy (non-hydrogen) atoms. The van der Waals surface area contributed by atoms with Gasteiger partial charge in [-0.3, -0.25) is 9.52 Å². The molecule has 0 bridgehead atoms. The summed E-state index contributed by atoms with van der Waals surface area (Å²) in [6, 6.07) is 4.93. The van der Waals surface area contributed by atoms with Gasteiger partial charge in [0.25, 0.3) is 5.91 Å². The lowest BCUT2D eigenvalue weighted by Gasteiger charge is -2.19. The van der Waals surface area contributed by atoms with E-state index in [1.54, 1.807) is 32.0 Å². The molecule has 0 radical (unpaired) electrons. The van der Waals surface area contributed by atoms with E-state index in [1.165, 1.54) is 0 Å². The van der Waals surface area contributed by atoms with Gasteiger partial charge in [-0.1, -0.05) is 11.6 Å². The minimum Gasteiger partial charge on any atom is -0.350 e. The second kappa shape index (κ2) is 5.80. The fourth-order valence-corrected chi connectivity index (χ4v) is 2.12. The summed E-state index contributed by atoms with van der Waals surface area (Å²) in [6.45, 7) is 5.70. The lowest BCUT2D eigenvalue weighted by Crippen LogP contribution is -2.45. The highest BCUT2D eigenvalue weighted by molar-refractivity contribution is 7.92. The summed E-state index contributed by atoms with van der Waals surface area (Å²) >= 11 is 0. The molecular weight excluding hydrogens is 278 g/mol. The third kappa shape index (κ3) is 5.58. The molecule has 1 aromatic carbocycles. The summed E-state index contributed by atoms with van der Waals surface area (Å²) < 4.78 is 25.0. The lowest BCUT2D eigenvalue weighted by atomic mass is 10.1. The highest BCUT2D eigenvalue weighted by Crippen LogP contribution is 2.18. The van der Waals surface area contributed by atoms with Crippen LogP contribution in [0.5, 0.6) is 0 Å². The largest absolute Gasteiger partial charge is 0.350 e. The van der Waals surface area contributed by atoms with E-state index in [9.17, 15) is 13.2 Å². The third-order valence-electron chi connectivity index (χ3n) is 2.42. The number of amides is 1. The predicted molar refractivity (Wildman–Crippen MR) is 80.2 cm³/mol. The lowest BCUT2D eigenvalue weighted by molar-refractivity contribution is 0.0947. The Morgan fingerprint density at radius 2 is 1.95 bits per heavy atom. The van der Waals surface area contributed by atoms with Gasteiger partial charge < -0.3 is 11.1 Å². The number of benzene rings is 1. The molecule has 0 fully saturated rings. The zero-order valence-corrected chi connectivity index (χ0v) is 13.0. The van der Waals surface area contributed by atoms with E-state index in [2.05, 4.69) is 10.0 Å². The first-order chi connectivity index (χ1) is 8.98. The molecule has 0 atom stereocenters. The van der Waals surface area contributed by atoms with Crippen molar-refractivity contribution >= 4 is 21.6 Å². The quantitative estimate of drug-likeness (QED) is 0.749. The Balaban J connectivity index is 3.03. The van der Waals surface area contributed by atoms with E-state index in [0.29, 0.717) is 0 Å². The molecule has 7 heteroatoms. The van der Waals surface area contributed by atoms with Crippen molar-refractivity contribution in [2.24, 2.45) is 5.73 Å².